The zero-order valence-corrected chi connectivity index (χ0v) is 11.5. The Morgan fingerprint density at radius 1 is 1.24 bits per heavy atom. The van der Waals surface area contributed by atoms with Crippen molar-refractivity contribution in [3.8, 4) is 0 Å². The van der Waals surface area contributed by atoms with Crippen LogP contribution in [0.1, 0.15) is 40.0 Å². The molecule has 1 unspecified atom stereocenters. The molecule has 0 aliphatic carbocycles. The number of ether oxygens (including phenoxy) is 1. The minimum absolute atomic E-state index is 0.259. The second-order valence-electron chi connectivity index (χ2n) is 6.91. The molecule has 3 nitrogen and oxygen atoms in total. The summed E-state index contributed by atoms with van der Waals surface area (Å²) in [7, 11) is 0. The van der Waals surface area contributed by atoms with Crippen molar-refractivity contribution in [2.75, 3.05) is 32.9 Å². The van der Waals surface area contributed by atoms with Crippen LogP contribution in [0.25, 0.3) is 0 Å². The van der Waals surface area contributed by atoms with E-state index < -0.39 is 0 Å². The quantitative estimate of drug-likeness (QED) is 0.819. The molecule has 2 fully saturated rings. The molecule has 2 rings (SSSR count). The molecule has 0 bridgehead atoms. The topological polar surface area (TPSA) is 32.7 Å². The van der Waals surface area contributed by atoms with Gasteiger partial charge in [0.15, 0.2) is 0 Å². The van der Waals surface area contributed by atoms with Gasteiger partial charge >= 0.3 is 0 Å². The molecular weight excluding hydrogens is 214 g/mol. The minimum Gasteiger partial charge on any atom is -0.396 e. The highest BCUT2D eigenvalue weighted by molar-refractivity contribution is 5.00. The SMILES string of the molecule is CC(C)(C)C(CCO)N1CC2(CCOCC2)C1. The van der Waals surface area contributed by atoms with Crippen molar-refractivity contribution in [2.45, 2.75) is 46.1 Å². The van der Waals surface area contributed by atoms with E-state index in [4.69, 9.17) is 4.74 Å². The zero-order valence-electron chi connectivity index (χ0n) is 11.5. The van der Waals surface area contributed by atoms with Crippen molar-refractivity contribution in [1.29, 1.82) is 0 Å². The Balaban J connectivity index is 1.91. The minimum atomic E-state index is 0.259. The number of rotatable bonds is 3. The molecule has 1 spiro atoms. The van der Waals surface area contributed by atoms with E-state index in [0.717, 1.165) is 19.6 Å². The van der Waals surface area contributed by atoms with Crippen LogP contribution in [-0.4, -0.2) is 49.0 Å². The van der Waals surface area contributed by atoms with E-state index in [1.54, 1.807) is 0 Å². The fourth-order valence-electron chi connectivity index (χ4n) is 3.44. The zero-order chi connectivity index (χ0) is 12.5. The molecule has 0 aromatic heterocycles. The Labute approximate surface area is 105 Å². The molecule has 2 aliphatic heterocycles. The van der Waals surface area contributed by atoms with Crippen LogP contribution >= 0.6 is 0 Å². The van der Waals surface area contributed by atoms with E-state index >= 15 is 0 Å². The van der Waals surface area contributed by atoms with Gasteiger partial charge in [-0.25, -0.2) is 0 Å². The second-order valence-corrected chi connectivity index (χ2v) is 6.91. The summed E-state index contributed by atoms with van der Waals surface area (Å²) in [5.41, 5.74) is 0.798. The van der Waals surface area contributed by atoms with Gasteiger partial charge < -0.3 is 9.84 Å². The Hall–Kier alpha value is -0.120. The molecule has 0 radical (unpaired) electrons. The van der Waals surface area contributed by atoms with Gasteiger partial charge in [-0.3, -0.25) is 4.90 Å². The Morgan fingerprint density at radius 2 is 1.82 bits per heavy atom. The lowest BCUT2D eigenvalue weighted by molar-refractivity contribution is -0.117. The van der Waals surface area contributed by atoms with E-state index in [1.165, 1.54) is 25.9 Å². The molecule has 2 heterocycles. The van der Waals surface area contributed by atoms with E-state index in [-0.39, 0.29) is 5.41 Å². The van der Waals surface area contributed by atoms with Crippen LogP contribution in [0.5, 0.6) is 0 Å². The largest absolute Gasteiger partial charge is 0.396 e. The van der Waals surface area contributed by atoms with Crippen LogP contribution < -0.4 is 0 Å². The monoisotopic (exact) mass is 241 g/mol. The van der Waals surface area contributed by atoms with Crippen LogP contribution in [0.15, 0.2) is 0 Å². The van der Waals surface area contributed by atoms with Crippen LogP contribution in [0.2, 0.25) is 0 Å². The number of nitrogens with zero attached hydrogens (tertiary/aromatic N) is 1. The summed E-state index contributed by atoms with van der Waals surface area (Å²) in [6, 6.07) is 0.515. The highest BCUT2D eigenvalue weighted by atomic mass is 16.5. The van der Waals surface area contributed by atoms with Gasteiger partial charge in [0.05, 0.1) is 0 Å². The van der Waals surface area contributed by atoms with E-state index in [1.807, 2.05) is 0 Å². The van der Waals surface area contributed by atoms with E-state index in [2.05, 4.69) is 25.7 Å². The molecule has 0 aromatic rings. The van der Waals surface area contributed by atoms with Crippen molar-refractivity contribution in [2.24, 2.45) is 10.8 Å². The summed E-state index contributed by atoms with van der Waals surface area (Å²) < 4.78 is 5.45. The van der Waals surface area contributed by atoms with Gasteiger partial charge in [0.25, 0.3) is 0 Å². The number of hydrogen-bond donors (Lipinski definition) is 1. The third-order valence-corrected chi connectivity index (χ3v) is 4.47. The first-order valence-corrected chi connectivity index (χ1v) is 6.90. The molecule has 0 saturated carbocycles. The van der Waals surface area contributed by atoms with Gasteiger partial charge in [-0.15, -0.1) is 0 Å². The van der Waals surface area contributed by atoms with Gasteiger partial charge in [-0.2, -0.15) is 0 Å². The predicted octanol–water partition coefficient (Wildman–Crippen LogP) is 1.90. The highest BCUT2D eigenvalue weighted by Crippen LogP contribution is 2.43. The van der Waals surface area contributed by atoms with Crippen LogP contribution in [-0.2, 0) is 4.74 Å². The van der Waals surface area contributed by atoms with Crippen molar-refractivity contribution < 1.29 is 9.84 Å². The number of aliphatic hydroxyl groups excluding tert-OH is 1. The lowest BCUT2D eigenvalue weighted by Crippen LogP contribution is -2.63. The maximum absolute atomic E-state index is 9.22. The molecular formula is C14H27NO2. The van der Waals surface area contributed by atoms with Gasteiger partial charge in [0.1, 0.15) is 0 Å². The van der Waals surface area contributed by atoms with Crippen molar-refractivity contribution in [1.82, 2.24) is 4.90 Å². The van der Waals surface area contributed by atoms with Crippen LogP contribution in [0, 0.1) is 10.8 Å². The number of hydrogen-bond acceptors (Lipinski definition) is 3. The molecule has 0 aromatic carbocycles. The average molecular weight is 241 g/mol. The molecule has 100 valence electrons. The first-order chi connectivity index (χ1) is 7.97. The fourth-order valence-corrected chi connectivity index (χ4v) is 3.44. The average Bonchev–Trinajstić information content (AvgIpc) is 2.22. The van der Waals surface area contributed by atoms with Gasteiger partial charge in [0, 0.05) is 44.4 Å². The Morgan fingerprint density at radius 3 is 2.29 bits per heavy atom. The maximum atomic E-state index is 9.22. The summed E-state index contributed by atoms with van der Waals surface area (Å²) in [6.07, 6.45) is 3.34. The van der Waals surface area contributed by atoms with Crippen molar-refractivity contribution >= 4 is 0 Å². The first-order valence-electron chi connectivity index (χ1n) is 6.90. The molecule has 3 heteroatoms. The molecule has 1 atom stereocenters. The van der Waals surface area contributed by atoms with Crippen molar-refractivity contribution in [3.05, 3.63) is 0 Å². The molecule has 0 amide bonds. The first kappa shape index (κ1) is 13.3. The number of aliphatic hydroxyl groups is 1. The summed E-state index contributed by atoms with van der Waals surface area (Å²) in [4.78, 5) is 2.57. The molecule has 2 saturated heterocycles. The third-order valence-electron chi connectivity index (χ3n) is 4.47. The fraction of sp³-hybridized carbons (Fsp3) is 1.00. The molecule has 1 N–H and O–H groups in total. The standard InChI is InChI=1S/C14H27NO2/c1-13(2,3)12(4-7-16)15-10-14(11-15)5-8-17-9-6-14/h12,16H,4-11H2,1-3H3. The van der Waals surface area contributed by atoms with Crippen LogP contribution in [0.3, 0.4) is 0 Å². The highest BCUT2D eigenvalue weighted by Gasteiger charge is 2.47. The van der Waals surface area contributed by atoms with E-state index in [9.17, 15) is 5.11 Å². The van der Waals surface area contributed by atoms with Gasteiger partial charge in [0.2, 0.25) is 0 Å². The Kier molecular flexibility index (Phi) is 3.81. The van der Waals surface area contributed by atoms with Crippen molar-refractivity contribution in [3.63, 3.8) is 0 Å². The van der Waals surface area contributed by atoms with Gasteiger partial charge in [-0.1, -0.05) is 20.8 Å². The second kappa shape index (κ2) is 4.87. The predicted molar refractivity (Wildman–Crippen MR) is 69.0 cm³/mol. The molecule has 17 heavy (non-hydrogen) atoms. The maximum Gasteiger partial charge on any atom is 0.0472 e. The Bertz CT molecular complexity index is 245. The summed E-state index contributed by atoms with van der Waals surface area (Å²) in [5.74, 6) is 0. The molecule has 2 aliphatic rings. The summed E-state index contributed by atoms with van der Waals surface area (Å²) in [6.45, 7) is 11.4. The summed E-state index contributed by atoms with van der Waals surface area (Å²) in [5, 5.41) is 9.22. The van der Waals surface area contributed by atoms with Crippen LogP contribution in [0.4, 0.5) is 0 Å². The lowest BCUT2D eigenvalue weighted by atomic mass is 9.70. The number of likely N-dealkylation sites (tertiary alicyclic amines) is 1. The lowest BCUT2D eigenvalue weighted by Gasteiger charge is -2.57. The normalized spacial score (nSPS) is 26.8. The third kappa shape index (κ3) is 2.83. The van der Waals surface area contributed by atoms with Gasteiger partial charge in [-0.05, 0) is 24.7 Å². The summed E-state index contributed by atoms with van der Waals surface area (Å²) >= 11 is 0. The smallest absolute Gasteiger partial charge is 0.0472 e. The van der Waals surface area contributed by atoms with E-state index in [0.29, 0.717) is 18.1 Å².